The SMILES string of the molecule is Cc1ccc(CN(C)[C@@H](C)c2nc3sc4c(c3c(=O)[nH]2)CC[C@H](C)C4)o1. The van der Waals surface area contributed by atoms with Gasteiger partial charge in [0.1, 0.15) is 22.2 Å². The summed E-state index contributed by atoms with van der Waals surface area (Å²) in [6.07, 6.45) is 3.22. The quantitative estimate of drug-likeness (QED) is 0.746. The Balaban J connectivity index is 1.65. The fourth-order valence-electron chi connectivity index (χ4n) is 3.72. The van der Waals surface area contributed by atoms with Gasteiger partial charge in [0.05, 0.1) is 18.0 Å². The van der Waals surface area contributed by atoms with Gasteiger partial charge in [-0.25, -0.2) is 4.98 Å². The van der Waals surface area contributed by atoms with Gasteiger partial charge >= 0.3 is 0 Å². The number of aromatic nitrogens is 2. The number of aromatic amines is 1. The second-order valence-corrected chi connectivity index (χ2v) is 8.67. The summed E-state index contributed by atoms with van der Waals surface area (Å²) in [6.45, 7) is 6.97. The molecule has 3 heterocycles. The first kappa shape index (κ1) is 17.5. The van der Waals surface area contributed by atoms with Crippen LogP contribution in [0.4, 0.5) is 0 Å². The van der Waals surface area contributed by atoms with Gasteiger partial charge in [-0.1, -0.05) is 6.92 Å². The van der Waals surface area contributed by atoms with Crippen molar-refractivity contribution in [2.24, 2.45) is 5.92 Å². The van der Waals surface area contributed by atoms with Gasteiger partial charge in [-0.2, -0.15) is 0 Å². The van der Waals surface area contributed by atoms with E-state index < -0.39 is 0 Å². The average molecular weight is 372 g/mol. The summed E-state index contributed by atoms with van der Waals surface area (Å²) in [4.78, 5) is 25.0. The Hall–Kier alpha value is -1.92. The Morgan fingerprint density at radius 3 is 3.00 bits per heavy atom. The zero-order chi connectivity index (χ0) is 18.4. The van der Waals surface area contributed by atoms with Crippen LogP contribution in [-0.2, 0) is 19.4 Å². The standard InChI is InChI=1S/C20H25N3O2S/c1-11-5-8-15-16(9-11)26-20-17(15)19(24)21-18(22-20)13(3)23(4)10-14-7-6-12(2)25-14/h6-7,11,13H,5,8-10H2,1-4H3,(H,21,22,24)/t11-,13-/m0/s1. The lowest BCUT2D eigenvalue weighted by Crippen LogP contribution is -2.25. The minimum Gasteiger partial charge on any atom is -0.465 e. The molecule has 5 nitrogen and oxygen atoms in total. The van der Waals surface area contributed by atoms with E-state index in [1.165, 1.54) is 10.4 Å². The summed E-state index contributed by atoms with van der Waals surface area (Å²) in [6, 6.07) is 3.96. The zero-order valence-electron chi connectivity index (χ0n) is 15.8. The second kappa shape index (κ2) is 6.67. The maximum Gasteiger partial charge on any atom is 0.259 e. The summed E-state index contributed by atoms with van der Waals surface area (Å²) < 4.78 is 5.67. The van der Waals surface area contributed by atoms with Crippen LogP contribution in [0.25, 0.3) is 10.2 Å². The molecule has 138 valence electrons. The van der Waals surface area contributed by atoms with Crippen LogP contribution in [0.5, 0.6) is 0 Å². The van der Waals surface area contributed by atoms with Gasteiger partial charge < -0.3 is 9.40 Å². The van der Waals surface area contributed by atoms with Crippen molar-refractivity contribution in [2.45, 2.75) is 52.6 Å². The van der Waals surface area contributed by atoms with Crippen LogP contribution in [0.15, 0.2) is 21.3 Å². The van der Waals surface area contributed by atoms with Crippen molar-refractivity contribution in [3.8, 4) is 0 Å². The number of fused-ring (bicyclic) bond motifs is 3. The summed E-state index contributed by atoms with van der Waals surface area (Å²) in [5.74, 6) is 3.24. The van der Waals surface area contributed by atoms with Gasteiger partial charge in [-0.05, 0) is 63.8 Å². The van der Waals surface area contributed by atoms with Crippen LogP contribution in [-0.4, -0.2) is 21.9 Å². The van der Waals surface area contributed by atoms with Crippen molar-refractivity contribution < 1.29 is 4.42 Å². The normalized spacial score (nSPS) is 18.4. The van der Waals surface area contributed by atoms with E-state index in [1.807, 2.05) is 26.1 Å². The van der Waals surface area contributed by atoms with Crippen LogP contribution >= 0.6 is 11.3 Å². The molecule has 4 rings (SSSR count). The van der Waals surface area contributed by atoms with Crippen LogP contribution in [0.3, 0.4) is 0 Å². The first-order valence-electron chi connectivity index (χ1n) is 9.22. The fraction of sp³-hybridized carbons (Fsp3) is 0.500. The van der Waals surface area contributed by atoms with Crippen molar-refractivity contribution >= 4 is 21.6 Å². The molecule has 3 aromatic rings. The van der Waals surface area contributed by atoms with E-state index in [0.717, 1.165) is 46.8 Å². The number of rotatable bonds is 4. The van der Waals surface area contributed by atoms with Crippen LogP contribution in [0.1, 0.15) is 54.1 Å². The zero-order valence-corrected chi connectivity index (χ0v) is 16.6. The lowest BCUT2D eigenvalue weighted by atomic mass is 9.89. The minimum absolute atomic E-state index is 0.00411. The van der Waals surface area contributed by atoms with Gasteiger partial charge in [0.2, 0.25) is 0 Å². The Morgan fingerprint density at radius 1 is 1.46 bits per heavy atom. The topological polar surface area (TPSA) is 62.1 Å². The largest absolute Gasteiger partial charge is 0.465 e. The molecular weight excluding hydrogens is 346 g/mol. The Labute approximate surface area is 157 Å². The third-order valence-electron chi connectivity index (χ3n) is 5.44. The maximum atomic E-state index is 12.8. The maximum absolute atomic E-state index is 12.8. The lowest BCUT2D eigenvalue weighted by molar-refractivity contribution is 0.223. The van der Waals surface area contributed by atoms with Gasteiger partial charge in [0, 0.05) is 4.88 Å². The third kappa shape index (κ3) is 3.12. The van der Waals surface area contributed by atoms with E-state index >= 15 is 0 Å². The molecule has 0 fully saturated rings. The Kier molecular flexibility index (Phi) is 4.49. The average Bonchev–Trinajstić information content (AvgIpc) is 3.16. The van der Waals surface area contributed by atoms with E-state index in [2.05, 4.69) is 23.7 Å². The molecule has 6 heteroatoms. The van der Waals surface area contributed by atoms with Crippen LogP contribution in [0, 0.1) is 12.8 Å². The molecule has 0 saturated carbocycles. The van der Waals surface area contributed by atoms with Crippen molar-refractivity contribution in [2.75, 3.05) is 7.05 Å². The first-order chi connectivity index (χ1) is 12.4. The van der Waals surface area contributed by atoms with Crippen molar-refractivity contribution in [3.05, 3.63) is 50.3 Å². The highest BCUT2D eigenvalue weighted by molar-refractivity contribution is 7.18. The molecule has 1 aliphatic rings. The molecular formula is C20H25N3O2S. The highest BCUT2D eigenvalue weighted by Crippen LogP contribution is 2.36. The number of aryl methyl sites for hydroxylation is 2. The van der Waals surface area contributed by atoms with Crippen LogP contribution in [0.2, 0.25) is 0 Å². The number of nitrogens with zero attached hydrogens (tertiary/aromatic N) is 2. The molecule has 0 unspecified atom stereocenters. The summed E-state index contributed by atoms with van der Waals surface area (Å²) in [5.41, 5.74) is 1.24. The second-order valence-electron chi connectivity index (χ2n) is 7.59. The van der Waals surface area contributed by atoms with E-state index in [9.17, 15) is 4.79 Å². The summed E-state index contributed by atoms with van der Waals surface area (Å²) in [7, 11) is 2.02. The molecule has 0 radical (unpaired) electrons. The molecule has 26 heavy (non-hydrogen) atoms. The van der Waals surface area contributed by atoms with E-state index in [0.29, 0.717) is 12.5 Å². The minimum atomic E-state index is -0.00411. The number of hydrogen-bond donors (Lipinski definition) is 1. The number of nitrogens with one attached hydrogen (secondary N) is 1. The molecule has 0 amide bonds. The number of thiophene rings is 1. The molecule has 0 bridgehead atoms. The molecule has 0 saturated heterocycles. The highest BCUT2D eigenvalue weighted by atomic mass is 32.1. The molecule has 0 aliphatic heterocycles. The van der Waals surface area contributed by atoms with Gasteiger partial charge in [0.25, 0.3) is 5.56 Å². The number of H-pyrrole nitrogens is 1. The molecule has 1 aliphatic carbocycles. The summed E-state index contributed by atoms with van der Waals surface area (Å²) >= 11 is 1.70. The predicted molar refractivity (Wildman–Crippen MR) is 105 cm³/mol. The lowest BCUT2D eigenvalue weighted by Gasteiger charge is -2.22. The van der Waals surface area contributed by atoms with Crippen molar-refractivity contribution in [1.29, 1.82) is 0 Å². The van der Waals surface area contributed by atoms with Crippen LogP contribution < -0.4 is 5.56 Å². The number of furan rings is 1. The molecule has 0 aromatic carbocycles. The molecule has 3 aromatic heterocycles. The van der Waals surface area contributed by atoms with Crippen molar-refractivity contribution in [3.63, 3.8) is 0 Å². The van der Waals surface area contributed by atoms with Gasteiger partial charge in [-0.15, -0.1) is 11.3 Å². The summed E-state index contributed by atoms with van der Waals surface area (Å²) in [5, 5.41) is 0.817. The number of hydrogen-bond acceptors (Lipinski definition) is 5. The highest BCUT2D eigenvalue weighted by Gasteiger charge is 2.24. The predicted octanol–water partition coefficient (Wildman–Crippen LogP) is 4.20. The molecule has 2 atom stereocenters. The Morgan fingerprint density at radius 2 is 2.27 bits per heavy atom. The van der Waals surface area contributed by atoms with E-state index in [4.69, 9.17) is 9.40 Å². The van der Waals surface area contributed by atoms with E-state index in [1.54, 1.807) is 11.3 Å². The Bertz CT molecular complexity index is 1000. The van der Waals surface area contributed by atoms with Crippen molar-refractivity contribution in [1.82, 2.24) is 14.9 Å². The third-order valence-corrected chi connectivity index (χ3v) is 6.59. The fourth-order valence-corrected chi connectivity index (χ4v) is 5.12. The smallest absolute Gasteiger partial charge is 0.259 e. The van der Waals surface area contributed by atoms with Gasteiger partial charge in [0.15, 0.2) is 0 Å². The molecule has 1 N–H and O–H groups in total. The van der Waals surface area contributed by atoms with E-state index in [-0.39, 0.29) is 11.6 Å². The molecule has 0 spiro atoms. The first-order valence-corrected chi connectivity index (χ1v) is 10.0. The monoisotopic (exact) mass is 371 g/mol. The van der Waals surface area contributed by atoms with Gasteiger partial charge in [-0.3, -0.25) is 9.69 Å².